The standard InChI is InChI=1S/C15H16N2O3/c1-17-10-11(7-8-14(17)18)9-16-15(19)12-5-3-4-6-13(12)20-2/h3-8,10H,9H2,1-2H3,(H,16,19). The third-order valence-corrected chi connectivity index (χ3v) is 2.95. The summed E-state index contributed by atoms with van der Waals surface area (Å²) < 4.78 is 6.62. The van der Waals surface area contributed by atoms with Crippen molar-refractivity contribution in [1.29, 1.82) is 0 Å². The predicted molar refractivity (Wildman–Crippen MR) is 75.8 cm³/mol. The molecule has 1 amide bonds. The van der Waals surface area contributed by atoms with E-state index in [1.165, 1.54) is 17.7 Å². The average Bonchev–Trinajstić information content (AvgIpc) is 2.48. The maximum atomic E-state index is 12.1. The van der Waals surface area contributed by atoms with Crippen LogP contribution in [0.4, 0.5) is 0 Å². The van der Waals surface area contributed by atoms with E-state index in [1.807, 2.05) is 6.07 Å². The van der Waals surface area contributed by atoms with Crippen LogP contribution in [0.1, 0.15) is 15.9 Å². The molecule has 0 fully saturated rings. The molecule has 0 spiro atoms. The van der Waals surface area contributed by atoms with Crippen LogP contribution in [0.2, 0.25) is 0 Å². The number of aromatic nitrogens is 1. The molecule has 0 saturated heterocycles. The van der Waals surface area contributed by atoms with Crippen molar-refractivity contribution in [3.8, 4) is 5.75 Å². The Morgan fingerprint density at radius 1 is 1.25 bits per heavy atom. The largest absolute Gasteiger partial charge is 0.496 e. The number of amides is 1. The van der Waals surface area contributed by atoms with Gasteiger partial charge in [0, 0.05) is 25.9 Å². The highest BCUT2D eigenvalue weighted by Crippen LogP contribution is 2.16. The first kappa shape index (κ1) is 13.9. The van der Waals surface area contributed by atoms with Gasteiger partial charge in [0.15, 0.2) is 0 Å². The Morgan fingerprint density at radius 3 is 2.70 bits per heavy atom. The van der Waals surface area contributed by atoms with Gasteiger partial charge in [-0.25, -0.2) is 0 Å². The SMILES string of the molecule is COc1ccccc1C(=O)NCc1ccc(=O)n(C)c1. The number of methoxy groups -OCH3 is 1. The van der Waals surface area contributed by atoms with Crippen molar-refractivity contribution in [2.24, 2.45) is 7.05 Å². The molecule has 2 aromatic rings. The molecule has 0 aliphatic carbocycles. The molecule has 5 nitrogen and oxygen atoms in total. The molecule has 0 unspecified atom stereocenters. The van der Waals surface area contributed by atoms with E-state index in [9.17, 15) is 9.59 Å². The van der Waals surface area contributed by atoms with Crippen LogP contribution in [-0.2, 0) is 13.6 Å². The van der Waals surface area contributed by atoms with Gasteiger partial charge < -0.3 is 14.6 Å². The lowest BCUT2D eigenvalue weighted by molar-refractivity contribution is 0.0948. The maximum Gasteiger partial charge on any atom is 0.255 e. The zero-order valence-electron chi connectivity index (χ0n) is 11.4. The first-order chi connectivity index (χ1) is 9.61. The molecule has 1 aromatic heterocycles. The molecule has 0 atom stereocenters. The lowest BCUT2D eigenvalue weighted by Gasteiger charge is -2.09. The number of carbonyl (C=O) groups excluding carboxylic acids is 1. The van der Waals surface area contributed by atoms with Crippen molar-refractivity contribution in [3.63, 3.8) is 0 Å². The number of para-hydroxylation sites is 1. The van der Waals surface area contributed by atoms with E-state index in [0.29, 0.717) is 17.9 Å². The van der Waals surface area contributed by atoms with Gasteiger partial charge in [0.1, 0.15) is 5.75 Å². The van der Waals surface area contributed by atoms with Gasteiger partial charge in [0.2, 0.25) is 5.56 Å². The fourth-order valence-electron chi connectivity index (χ4n) is 1.87. The molecule has 5 heteroatoms. The number of nitrogens with one attached hydrogen (secondary N) is 1. The Morgan fingerprint density at radius 2 is 2.00 bits per heavy atom. The number of pyridine rings is 1. The molecule has 0 aliphatic rings. The van der Waals surface area contributed by atoms with Gasteiger partial charge in [-0.05, 0) is 17.7 Å². The van der Waals surface area contributed by atoms with E-state index < -0.39 is 0 Å². The van der Waals surface area contributed by atoms with Crippen LogP contribution < -0.4 is 15.6 Å². The maximum absolute atomic E-state index is 12.1. The Kier molecular flexibility index (Phi) is 4.20. The van der Waals surface area contributed by atoms with E-state index >= 15 is 0 Å². The summed E-state index contributed by atoms with van der Waals surface area (Å²) in [5.41, 5.74) is 1.26. The molecule has 0 radical (unpaired) electrons. The van der Waals surface area contributed by atoms with Gasteiger partial charge in [-0.1, -0.05) is 18.2 Å². The second-order valence-electron chi connectivity index (χ2n) is 4.37. The fraction of sp³-hybridized carbons (Fsp3) is 0.200. The molecule has 20 heavy (non-hydrogen) atoms. The molecule has 0 saturated carbocycles. The number of aryl methyl sites for hydroxylation is 1. The van der Waals surface area contributed by atoms with Crippen molar-refractivity contribution in [1.82, 2.24) is 9.88 Å². The Balaban J connectivity index is 2.08. The Hall–Kier alpha value is -2.56. The minimum absolute atomic E-state index is 0.0789. The van der Waals surface area contributed by atoms with Crippen LogP contribution in [0.5, 0.6) is 5.75 Å². The van der Waals surface area contributed by atoms with E-state index in [0.717, 1.165) is 5.56 Å². The van der Waals surface area contributed by atoms with Gasteiger partial charge in [0.25, 0.3) is 5.91 Å². The van der Waals surface area contributed by atoms with Crippen LogP contribution >= 0.6 is 0 Å². The highest BCUT2D eigenvalue weighted by molar-refractivity contribution is 5.96. The van der Waals surface area contributed by atoms with Crippen molar-refractivity contribution in [3.05, 3.63) is 64.1 Å². The first-order valence-electron chi connectivity index (χ1n) is 6.18. The highest BCUT2D eigenvalue weighted by Gasteiger charge is 2.10. The zero-order chi connectivity index (χ0) is 14.5. The summed E-state index contributed by atoms with van der Waals surface area (Å²) in [7, 11) is 3.20. The quantitative estimate of drug-likeness (QED) is 0.913. The minimum atomic E-state index is -0.212. The Bertz CT molecular complexity index is 677. The minimum Gasteiger partial charge on any atom is -0.496 e. The molecule has 0 bridgehead atoms. The second-order valence-corrected chi connectivity index (χ2v) is 4.37. The van der Waals surface area contributed by atoms with Crippen molar-refractivity contribution < 1.29 is 9.53 Å². The molecule has 1 N–H and O–H groups in total. The number of hydrogen-bond donors (Lipinski definition) is 1. The van der Waals surface area contributed by atoms with E-state index in [-0.39, 0.29) is 11.5 Å². The zero-order valence-corrected chi connectivity index (χ0v) is 11.4. The van der Waals surface area contributed by atoms with Crippen molar-refractivity contribution in [2.45, 2.75) is 6.54 Å². The lowest BCUT2D eigenvalue weighted by atomic mass is 10.2. The second kappa shape index (κ2) is 6.06. The van der Waals surface area contributed by atoms with Crippen LogP contribution in [-0.4, -0.2) is 17.6 Å². The van der Waals surface area contributed by atoms with Crippen molar-refractivity contribution in [2.75, 3.05) is 7.11 Å². The third-order valence-electron chi connectivity index (χ3n) is 2.95. The van der Waals surface area contributed by atoms with Crippen LogP contribution in [0.25, 0.3) is 0 Å². The van der Waals surface area contributed by atoms with Crippen LogP contribution in [0, 0.1) is 0 Å². The van der Waals surface area contributed by atoms with Crippen LogP contribution in [0.15, 0.2) is 47.4 Å². The summed E-state index contributed by atoms with van der Waals surface area (Å²) in [6.07, 6.45) is 1.70. The Labute approximate surface area is 116 Å². The topological polar surface area (TPSA) is 60.3 Å². The summed E-state index contributed by atoms with van der Waals surface area (Å²) in [4.78, 5) is 23.4. The smallest absolute Gasteiger partial charge is 0.255 e. The molecule has 0 aliphatic heterocycles. The van der Waals surface area contributed by atoms with Crippen LogP contribution in [0.3, 0.4) is 0 Å². The van der Waals surface area contributed by atoms with Crippen molar-refractivity contribution >= 4 is 5.91 Å². The summed E-state index contributed by atoms with van der Waals surface area (Å²) in [6, 6.07) is 10.2. The molecule has 1 aromatic carbocycles. The number of rotatable bonds is 4. The molecular weight excluding hydrogens is 256 g/mol. The highest BCUT2D eigenvalue weighted by atomic mass is 16.5. The third kappa shape index (κ3) is 3.06. The predicted octanol–water partition coefficient (Wildman–Crippen LogP) is 1.32. The molecule has 1 heterocycles. The number of nitrogens with zero attached hydrogens (tertiary/aromatic N) is 1. The van der Waals surface area contributed by atoms with Gasteiger partial charge in [-0.15, -0.1) is 0 Å². The number of benzene rings is 1. The van der Waals surface area contributed by atoms with E-state index in [4.69, 9.17) is 4.74 Å². The molecule has 2 rings (SSSR count). The lowest BCUT2D eigenvalue weighted by Crippen LogP contribution is -2.24. The number of hydrogen-bond acceptors (Lipinski definition) is 3. The molecule has 104 valence electrons. The van der Waals surface area contributed by atoms with Gasteiger partial charge in [-0.3, -0.25) is 9.59 Å². The summed E-state index contributed by atoms with van der Waals surface area (Å²) >= 11 is 0. The van der Waals surface area contributed by atoms with Gasteiger partial charge in [0.05, 0.1) is 12.7 Å². The van der Waals surface area contributed by atoms with E-state index in [1.54, 1.807) is 37.5 Å². The monoisotopic (exact) mass is 272 g/mol. The summed E-state index contributed by atoms with van der Waals surface area (Å²) in [5.74, 6) is 0.321. The summed E-state index contributed by atoms with van der Waals surface area (Å²) in [5, 5.41) is 2.80. The van der Waals surface area contributed by atoms with Gasteiger partial charge in [-0.2, -0.15) is 0 Å². The number of ether oxygens (including phenoxy) is 1. The normalized spacial score (nSPS) is 10.1. The van der Waals surface area contributed by atoms with E-state index in [2.05, 4.69) is 5.32 Å². The summed E-state index contributed by atoms with van der Waals surface area (Å²) in [6.45, 7) is 0.352. The average molecular weight is 272 g/mol. The first-order valence-corrected chi connectivity index (χ1v) is 6.18. The fourth-order valence-corrected chi connectivity index (χ4v) is 1.87. The number of carbonyl (C=O) groups is 1. The molecular formula is C15H16N2O3. The van der Waals surface area contributed by atoms with Gasteiger partial charge >= 0.3 is 0 Å².